The summed E-state index contributed by atoms with van der Waals surface area (Å²) in [5.74, 6) is 1.73. The number of hydrogen-bond acceptors (Lipinski definition) is 0. The van der Waals surface area contributed by atoms with Crippen molar-refractivity contribution in [1.82, 2.24) is 0 Å². The first-order valence-electron chi connectivity index (χ1n) is 4.85. The minimum absolute atomic E-state index is 0. The lowest BCUT2D eigenvalue weighted by Crippen LogP contribution is -2.11. The maximum atomic E-state index is 12.4. The Morgan fingerprint density at radius 3 is 2.07 bits per heavy atom. The highest BCUT2D eigenvalue weighted by atomic mass is 19.1. The van der Waals surface area contributed by atoms with Crippen LogP contribution in [0.5, 0.6) is 0 Å². The van der Waals surface area contributed by atoms with Crippen LogP contribution < -0.4 is 0 Å². The average molecular weight is 210 g/mol. The van der Waals surface area contributed by atoms with Crippen molar-refractivity contribution < 1.29 is 13.5 Å². The van der Waals surface area contributed by atoms with Crippen molar-refractivity contribution in [1.29, 1.82) is 0 Å². The van der Waals surface area contributed by atoms with E-state index in [1.165, 1.54) is 0 Å². The summed E-state index contributed by atoms with van der Waals surface area (Å²) in [4.78, 5) is 0. The van der Waals surface area contributed by atoms with Crippen LogP contribution in [0.4, 0.5) is 13.5 Å². The van der Waals surface area contributed by atoms with Crippen molar-refractivity contribution in [2.24, 2.45) is 17.8 Å². The minimum Gasteiger partial charge on any atom is -0.269 e. The van der Waals surface area contributed by atoms with Crippen molar-refractivity contribution in [3.8, 4) is 0 Å². The van der Waals surface area contributed by atoms with Gasteiger partial charge in [0.2, 0.25) is 0 Å². The van der Waals surface area contributed by atoms with Crippen LogP contribution in [-0.2, 0) is 0 Å². The van der Waals surface area contributed by atoms with Crippen LogP contribution in [0.1, 0.15) is 27.2 Å². The van der Waals surface area contributed by atoms with Crippen molar-refractivity contribution in [2.45, 2.75) is 27.2 Å². The highest BCUT2D eigenvalue weighted by Gasteiger charge is 2.29. The fraction of sp³-hybridized carbons (Fsp3) is 0.818. The zero-order valence-electron chi connectivity index (χ0n) is 9.39. The normalized spacial score (nSPS) is 29.9. The largest absolute Gasteiger partial charge is 0.269 e. The van der Waals surface area contributed by atoms with E-state index in [-0.39, 0.29) is 11.4 Å². The van der Waals surface area contributed by atoms with Crippen LogP contribution in [-0.4, -0.2) is 13.9 Å². The second-order valence-corrected chi connectivity index (χ2v) is 3.61. The fourth-order valence-electron chi connectivity index (χ4n) is 2.09. The second-order valence-electron chi connectivity index (χ2n) is 3.61. The van der Waals surface area contributed by atoms with Gasteiger partial charge in [0.15, 0.2) is 0 Å². The Morgan fingerprint density at radius 1 is 1.29 bits per heavy atom. The molecule has 0 heterocycles. The fourth-order valence-corrected chi connectivity index (χ4v) is 2.09. The molecular formula is C11H21F3. The van der Waals surface area contributed by atoms with Gasteiger partial charge in [-0.15, -0.1) is 0 Å². The van der Waals surface area contributed by atoms with Gasteiger partial charge >= 0.3 is 0 Å². The molecule has 3 atom stereocenters. The molecule has 0 saturated heterocycles. The Kier molecular flexibility index (Phi) is 9.01. The van der Waals surface area contributed by atoms with E-state index in [0.29, 0.717) is 24.9 Å². The molecule has 0 aromatic heterocycles. The molecule has 0 bridgehead atoms. The standard InChI is InChI=1S/C10H17F.CH3F.FH/c1-4-10-8(3)7(2)5-9(10)6-11;1-2;/h5,7-8,10H,4,6H2,1-3H3;1H3;1H/t7?,8?,10-;;/m1../s1. The number of allylic oxidation sites excluding steroid dienone is 2. The first kappa shape index (κ1) is 16.0. The van der Waals surface area contributed by atoms with Crippen molar-refractivity contribution in [3.63, 3.8) is 0 Å². The maximum Gasteiger partial charge on any atom is 0.111 e. The average Bonchev–Trinajstić information content (AvgIpc) is 2.46. The third kappa shape index (κ3) is 3.35. The van der Waals surface area contributed by atoms with Gasteiger partial charge in [-0.2, -0.15) is 0 Å². The summed E-state index contributed by atoms with van der Waals surface area (Å²) in [6.07, 6.45) is 3.19. The van der Waals surface area contributed by atoms with Gasteiger partial charge in [-0.1, -0.05) is 26.8 Å². The van der Waals surface area contributed by atoms with Crippen LogP contribution in [0, 0.1) is 17.8 Å². The molecule has 0 fully saturated rings. The SMILES string of the molecule is CC[C@H]1C(CF)=CC(C)C1C.CF.F. The Morgan fingerprint density at radius 2 is 1.79 bits per heavy atom. The molecule has 0 amide bonds. The van der Waals surface area contributed by atoms with Crippen LogP contribution in [0.3, 0.4) is 0 Å². The van der Waals surface area contributed by atoms with E-state index < -0.39 is 0 Å². The van der Waals surface area contributed by atoms with Gasteiger partial charge in [0.05, 0.1) is 7.18 Å². The van der Waals surface area contributed by atoms with Crippen LogP contribution in [0.2, 0.25) is 0 Å². The number of alkyl halides is 2. The lowest BCUT2D eigenvalue weighted by atomic mass is 9.87. The van der Waals surface area contributed by atoms with E-state index in [0.717, 1.165) is 12.0 Å². The third-order valence-electron chi connectivity index (χ3n) is 3.01. The molecule has 86 valence electrons. The molecule has 2 unspecified atom stereocenters. The summed E-state index contributed by atoms with van der Waals surface area (Å²) in [5.41, 5.74) is 1.03. The highest BCUT2D eigenvalue weighted by Crippen LogP contribution is 2.37. The van der Waals surface area contributed by atoms with Gasteiger partial charge in [-0.05, 0) is 29.7 Å². The van der Waals surface area contributed by atoms with E-state index in [4.69, 9.17) is 0 Å². The lowest BCUT2D eigenvalue weighted by Gasteiger charge is -2.18. The van der Waals surface area contributed by atoms with Gasteiger partial charge in [0.1, 0.15) is 6.67 Å². The summed E-state index contributed by atoms with van der Waals surface area (Å²) in [6.45, 7) is 6.30. The zero-order valence-corrected chi connectivity index (χ0v) is 9.39. The van der Waals surface area contributed by atoms with Crippen LogP contribution in [0.25, 0.3) is 0 Å². The van der Waals surface area contributed by atoms with E-state index >= 15 is 0 Å². The minimum atomic E-state index is -0.243. The van der Waals surface area contributed by atoms with E-state index in [1.54, 1.807) is 0 Å². The lowest BCUT2D eigenvalue weighted by molar-refractivity contribution is 0.351. The van der Waals surface area contributed by atoms with E-state index in [2.05, 4.69) is 26.8 Å². The second kappa shape index (κ2) is 7.89. The highest BCUT2D eigenvalue weighted by molar-refractivity contribution is 5.17. The number of rotatable bonds is 2. The smallest absolute Gasteiger partial charge is 0.111 e. The molecule has 0 aromatic rings. The molecule has 0 N–H and O–H groups in total. The molecule has 1 aliphatic rings. The molecule has 1 aliphatic carbocycles. The van der Waals surface area contributed by atoms with Crippen molar-refractivity contribution >= 4 is 0 Å². The van der Waals surface area contributed by atoms with Crippen molar-refractivity contribution in [2.75, 3.05) is 13.9 Å². The summed E-state index contributed by atoms with van der Waals surface area (Å²) in [6, 6.07) is 0. The molecule has 0 nitrogen and oxygen atoms in total. The quantitative estimate of drug-likeness (QED) is 0.606. The van der Waals surface area contributed by atoms with E-state index in [1.807, 2.05) is 0 Å². The summed E-state index contributed by atoms with van der Waals surface area (Å²) < 4.78 is 21.9. The van der Waals surface area contributed by atoms with Crippen LogP contribution in [0.15, 0.2) is 11.6 Å². The molecule has 1 rings (SSSR count). The Hall–Kier alpha value is -0.470. The predicted molar refractivity (Wildman–Crippen MR) is 55.7 cm³/mol. The van der Waals surface area contributed by atoms with Crippen LogP contribution >= 0.6 is 0 Å². The summed E-state index contributed by atoms with van der Waals surface area (Å²) in [7, 11) is 0.500. The van der Waals surface area contributed by atoms with Gasteiger partial charge in [0, 0.05) is 0 Å². The predicted octanol–water partition coefficient (Wildman–Crippen LogP) is 3.93. The summed E-state index contributed by atoms with van der Waals surface area (Å²) >= 11 is 0. The third-order valence-corrected chi connectivity index (χ3v) is 3.01. The molecule has 0 saturated carbocycles. The first-order valence-corrected chi connectivity index (χ1v) is 4.85. The Balaban J connectivity index is 0. The first-order chi connectivity index (χ1) is 6.20. The molecule has 14 heavy (non-hydrogen) atoms. The maximum absolute atomic E-state index is 12.4. The zero-order chi connectivity index (χ0) is 10.4. The van der Waals surface area contributed by atoms with E-state index in [9.17, 15) is 8.78 Å². The van der Waals surface area contributed by atoms with Crippen molar-refractivity contribution in [3.05, 3.63) is 11.6 Å². The molecule has 3 heteroatoms. The Labute approximate surface area is 84.8 Å². The van der Waals surface area contributed by atoms with Gasteiger partial charge in [-0.3, -0.25) is 9.09 Å². The molecule has 0 radical (unpaired) electrons. The molecule has 0 aliphatic heterocycles. The number of halogens is 3. The van der Waals surface area contributed by atoms with Gasteiger partial charge in [0.25, 0.3) is 0 Å². The molecule has 0 aromatic carbocycles. The van der Waals surface area contributed by atoms with Gasteiger partial charge in [-0.25, -0.2) is 4.39 Å². The monoisotopic (exact) mass is 210 g/mol. The molecular weight excluding hydrogens is 189 g/mol. The molecule has 0 spiro atoms. The topological polar surface area (TPSA) is 0 Å². The number of hydrogen-bond donors (Lipinski definition) is 0. The van der Waals surface area contributed by atoms with Gasteiger partial charge < -0.3 is 0 Å². The Bertz CT molecular complexity index is 166. The summed E-state index contributed by atoms with van der Waals surface area (Å²) in [5, 5.41) is 0.